The Morgan fingerprint density at radius 3 is 2.82 bits per heavy atom. The number of carboxylic acid groups (broad SMARTS) is 1. The molecule has 0 aliphatic carbocycles. The molecule has 2 N–H and O–H groups in total. The Morgan fingerprint density at radius 2 is 2.29 bits per heavy atom. The quantitative estimate of drug-likeness (QED) is 0.784. The Morgan fingerprint density at radius 1 is 1.65 bits per heavy atom. The van der Waals surface area contributed by atoms with E-state index in [2.05, 4.69) is 10.4 Å². The largest absolute Gasteiger partial charge is 0.477 e. The van der Waals surface area contributed by atoms with Gasteiger partial charge >= 0.3 is 5.97 Å². The van der Waals surface area contributed by atoms with Crippen molar-refractivity contribution in [3.8, 4) is 0 Å². The van der Waals surface area contributed by atoms with Crippen molar-refractivity contribution in [1.82, 2.24) is 9.78 Å². The molecule has 6 heteroatoms. The number of rotatable bonds is 6. The lowest BCUT2D eigenvalue weighted by molar-refractivity contribution is 0.0697. The second-order valence-corrected chi connectivity index (χ2v) is 4.06. The van der Waals surface area contributed by atoms with Gasteiger partial charge in [0, 0.05) is 26.8 Å². The maximum Gasteiger partial charge on any atom is 0.341 e. The van der Waals surface area contributed by atoms with Crippen LogP contribution in [0.3, 0.4) is 0 Å². The van der Waals surface area contributed by atoms with Gasteiger partial charge in [0.05, 0.1) is 5.69 Å². The number of hydrogen-bond donors (Lipinski definition) is 2. The number of anilines is 1. The summed E-state index contributed by atoms with van der Waals surface area (Å²) in [6.07, 6.45) is 0.805. The summed E-state index contributed by atoms with van der Waals surface area (Å²) in [5, 5.41) is 16.4. The number of methoxy groups -OCH3 is 1. The Hall–Kier alpha value is -1.56. The van der Waals surface area contributed by atoms with Gasteiger partial charge in [0.15, 0.2) is 0 Å². The average molecular weight is 241 g/mol. The Bertz CT molecular complexity index is 401. The van der Waals surface area contributed by atoms with Crippen molar-refractivity contribution in [1.29, 1.82) is 0 Å². The third-order valence-corrected chi connectivity index (χ3v) is 2.57. The van der Waals surface area contributed by atoms with Crippen LogP contribution in [0.4, 0.5) is 5.82 Å². The van der Waals surface area contributed by atoms with Crippen molar-refractivity contribution in [2.45, 2.75) is 26.3 Å². The van der Waals surface area contributed by atoms with E-state index < -0.39 is 5.97 Å². The highest BCUT2D eigenvalue weighted by molar-refractivity contribution is 5.94. The average Bonchev–Trinajstić information content (AvgIpc) is 2.51. The van der Waals surface area contributed by atoms with Gasteiger partial charge in [0.1, 0.15) is 11.4 Å². The predicted octanol–water partition coefficient (Wildman–Crippen LogP) is 1.26. The zero-order valence-corrected chi connectivity index (χ0v) is 10.6. The van der Waals surface area contributed by atoms with Gasteiger partial charge in [0.25, 0.3) is 0 Å². The molecule has 0 aromatic carbocycles. The van der Waals surface area contributed by atoms with Crippen LogP contribution >= 0.6 is 0 Å². The number of nitrogens with zero attached hydrogens (tertiary/aromatic N) is 2. The Balaban J connectivity index is 2.86. The van der Waals surface area contributed by atoms with E-state index in [1.54, 1.807) is 25.8 Å². The van der Waals surface area contributed by atoms with Crippen LogP contribution in [0.2, 0.25) is 0 Å². The number of aromatic nitrogens is 2. The second-order valence-electron chi connectivity index (χ2n) is 4.06. The van der Waals surface area contributed by atoms with Gasteiger partial charge < -0.3 is 15.2 Å². The molecule has 96 valence electrons. The van der Waals surface area contributed by atoms with Gasteiger partial charge in [-0.25, -0.2) is 4.79 Å². The topological polar surface area (TPSA) is 76.4 Å². The smallest absolute Gasteiger partial charge is 0.341 e. The van der Waals surface area contributed by atoms with E-state index >= 15 is 0 Å². The monoisotopic (exact) mass is 241 g/mol. The van der Waals surface area contributed by atoms with Gasteiger partial charge in [0.2, 0.25) is 0 Å². The Labute approximate surface area is 101 Å². The van der Waals surface area contributed by atoms with E-state index in [-0.39, 0.29) is 11.6 Å². The molecule has 1 unspecified atom stereocenters. The van der Waals surface area contributed by atoms with E-state index in [1.807, 2.05) is 6.92 Å². The van der Waals surface area contributed by atoms with Crippen LogP contribution in [-0.4, -0.2) is 40.6 Å². The van der Waals surface area contributed by atoms with E-state index in [0.29, 0.717) is 18.1 Å². The zero-order chi connectivity index (χ0) is 13.0. The summed E-state index contributed by atoms with van der Waals surface area (Å²) in [4.78, 5) is 11.1. The van der Waals surface area contributed by atoms with Crippen LogP contribution in [0.25, 0.3) is 0 Å². The van der Waals surface area contributed by atoms with E-state index in [0.717, 1.165) is 6.42 Å². The summed E-state index contributed by atoms with van der Waals surface area (Å²) in [7, 11) is 3.37. The molecule has 0 amide bonds. The highest BCUT2D eigenvalue weighted by Crippen LogP contribution is 2.19. The summed E-state index contributed by atoms with van der Waals surface area (Å²) in [5.74, 6) is -0.421. The molecule has 1 rings (SSSR count). The van der Waals surface area contributed by atoms with Crippen molar-refractivity contribution in [3.05, 3.63) is 11.3 Å². The molecule has 0 aliphatic rings. The maximum absolute atomic E-state index is 11.1. The first kappa shape index (κ1) is 13.5. The van der Waals surface area contributed by atoms with Crippen LogP contribution in [0, 0.1) is 6.92 Å². The molecule has 1 aromatic heterocycles. The zero-order valence-electron chi connectivity index (χ0n) is 10.6. The summed E-state index contributed by atoms with van der Waals surface area (Å²) >= 11 is 0. The highest BCUT2D eigenvalue weighted by atomic mass is 16.5. The number of carbonyl (C=O) groups is 1. The molecule has 0 radical (unpaired) electrons. The minimum Gasteiger partial charge on any atom is -0.477 e. The highest BCUT2D eigenvalue weighted by Gasteiger charge is 2.20. The lowest BCUT2D eigenvalue weighted by Gasteiger charge is -2.15. The molecule has 17 heavy (non-hydrogen) atoms. The van der Waals surface area contributed by atoms with Crippen molar-refractivity contribution in [2.75, 3.05) is 19.0 Å². The number of nitrogens with one attached hydrogen (secondary N) is 1. The lowest BCUT2D eigenvalue weighted by Crippen LogP contribution is -2.20. The molecule has 0 saturated heterocycles. The predicted molar refractivity (Wildman–Crippen MR) is 64.5 cm³/mol. The van der Waals surface area contributed by atoms with Gasteiger partial charge in [-0.05, 0) is 20.3 Å². The maximum atomic E-state index is 11.1. The minimum absolute atomic E-state index is 0.128. The van der Waals surface area contributed by atoms with Gasteiger partial charge in [-0.2, -0.15) is 5.10 Å². The van der Waals surface area contributed by atoms with Gasteiger partial charge in [-0.3, -0.25) is 4.68 Å². The molecule has 1 heterocycles. The number of carboxylic acids is 1. The number of hydrogen-bond acceptors (Lipinski definition) is 4. The third-order valence-electron chi connectivity index (χ3n) is 2.57. The molecule has 1 aromatic rings. The fourth-order valence-electron chi connectivity index (χ4n) is 1.68. The first-order valence-corrected chi connectivity index (χ1v) is 5.49. The van der Waals surface area contributed by atoms with E-state index in [9.17, 15) is 4.79 Å². The third kappa shape index (κ3) is 3.20. The van der Waals surface area contributed by atoms with Crippen LogP contribution in [0.5, 0.6) is 0 Å². The Kier molecular flexibility index (Phi) is 4.51. The molecule has 6 nitrogen and oxygen atoms in total. The summed E-state index contributed by atoms with van der Waals surface area (Å²) < 4.78 is 6.54. The van der Waals surface area contributed by atoms with Crippen LogP contribution in [-0.2, 0) is 11.8 Å². The first-order chi connectivity index (χ1) is 7.97. The van der Waals surface area contributed by atoms with Crippen LogP contribution < -0.4 is 5.32 Å². The molecule has 0 saturated carbocycles. The standard InChI is InChI=1S/C11H19N3O3/c1-7(5-6-17-4)12-10-9(11(15)16)8(2)13-14(10)3/h7,12H,5-6H2,1-4H3,(H,15,16). The number of aromatic carboxylic acids is 1. The molecular formula is C11H19N3O3. The van der Waals surface area contributed by atoms with Crippen molar-refractivity contribution < 1.29 is 14.6 Å². The molecule has 0 spiro atoms. The molecule has 0 fully saturated rings. The fraction of sp³-hybridized carbons (Fsp3) is 0.636. The lowest BCUT2D eigenvalue weighted by atomic mass is 10.2. The first-order valence-electron chi connectivity index (χ1n) is 5.49. The molecular weight excluding hydrogens is 222 g/mol. The van der Waals surface area contributed by atoms with Crippen molar-refractivity contribution >= 4 is 11.8 Å². The summed E-state index contributed by atoms with van der Waals surface area (Å²) in [6, 6.07) is 0.128. The summed E-state index contributed by atoms with van der Waals surface area (Å²) in [5.41, 5.74) is 0.748. The second kappa shape index (κ2) is 5.67. The van der Waals surface area contributed by atoms with Gasteiger partial charge in [-0.1, -0.05) is 0 Å². The van der Waals surface area contributed by atoms with E-state index in [1.165, 1.54) is 0 Å². The fourth-order valence-corrected chi connectivity index (χ4v) is 1.68. The molecule has 1 atom stereocenters. The number of ether oxygens (including phenoxy) is 1. The van der Waals surface area contributed by atoms with Crippen molar-refractivity contribution in [2.24, 2.45) is 7.05 Å². The van der Waals surface area contributed by atoms with Crippen LogP contribution in [0.15, 0.2) is 0 Å². The number of aryl methyl sites for hydroxylation is 2. The molecule has 0 bridgehead atoms. The molecule has 0 aliphatic heterocycles. The van der Waals surface area contributed by atoms with Gasteiger partial charge in [-0.15, -0.1) is 0 Å². The normalized spacial score (nSPS) is 12.5. The minimum atomic E-state index is -0.961. The SMILES string of the molecule is COCCC(C)Nc1c(C(=O)O)c(C)nn1C. The van der Waals surface area contributed by atoms with Crippen LogP contribution in [0.1, 0.15) is 29.4 Å². The summed E-state index contributed by atoms with van der Waals surface area (Å²) in [6.45, 7) is 4.30. The van der Waals surface area contributed by atoms with E-state index in [4.69, 9.17) is 9.84 Å². The van der Waals surface area contributed by atoms with Crippen molar-refractivity contribution in [3.63, 3.8) is 0 Å².